The molecule has 0 saturated heterocycles. The Labute approximate surface area is 108 Å². The lowest BCUT2D eigenvalue weighted by Gasteiger charge is -2.04. The van der Waals surface area contributed by atoms with Crippen molar-refractivity contribution in [3.05, 3.63) is 53.3 Å². The monoisotopic (exact) mass is 293 g/mol. The Morgan fingerprint density at radius 1 is 1.29 bits per heavy atom. The molecule has 2 rings (SSSR count). The summed E-state index contributed by atoms with van der Waals surface area (Å²) in [5.74, 6) is -0.122. The van der Waals surface area contributed by atoms with Crippen molar-refractivity contribution in [2.45, 2.75) is 11.9 Å². The first-order valence-corrected chi connectivity index (χ1v) is 6.32. The molecule has 17 heavy (non-hydrogen) atoms. The highest BCUT2D eigenvalue weighted by Crippen LogP contribution is 2.07. The molecule has 0 aliphatic carbocycles. The molecule has 0 aliphatic heterocycles. The van der Waals surface area contributed by atoms with Gasteiger partial charge >= 0.3 is 0 Å². The van der Waals surface area contributed by atoms with Crippen molar-refractivity contribution in [3.63, 3.8) is 0 Å². The Bertz CT molecular complexity index is 479. The van der Waals surface area contributed by atoms with Gasteiger partial charge in [-0.15, -0.1) is 0 Å². The van der Waals surface area contributed by atoms with E-state index in [0.29, 0.717) is 12.1 Å². The van der Waals surface area contributed by atoms with Gasteiger partial charge in [-0.25, -0.2) is 0 Å². The number of halogens is 1. The second-order valence-electron chi connectivity index (χ2n) is 3.62. The zero-order valence-corrected chi connectivity index (χ0v) is 10.7. The van der Waals surface area contributed by atoms with E-state index in [2.05, 4.69) is 31.4 Å². The normalized spacial score (nSPS) is 10.2. The average Bonchev–Trinajstić information content (AvgIpc) is 2.90. The summed E-state index contributed by atoms with van der Waals surface area (Å²) in [6.07, 6.45) is 3.08. The van der Waals surface area contributed by atoms with E-state index in [1.807, 2.05) is 24.3 Å². The van der Waals surface area contributed by atoms with Crippen molar-refractivity contribution < 1.29 is 4.79 Å². The number of alkyl halides is 1. The highest BCUT2D eigenvalue weighted by atomic mass is 79.9. The standard InChI is InChI=1S/C12H12BrN3O/c13-5-9-1-3-10(4-2-9)6-14-12(17)11-7-15-16-8-11/h1-4,7-8H,5-6H2,(H,14,17)(H,15,16). The summed E-state index contributed by atoms with van der Waals surface area (Å²) in [7, 11) is 0. The topological polar surface area (TPSA) is 57.8 Å². The third-order valence-corrected chi connectivity index (χ3v) is 3.04. The summed E-state index contributed by atoms with van der Waals surface area (Å²) in [6, 6.07) is 8.08. The van der Waals surface area contributed by atoms with Crippen LogP contribution in [0.1, 0.15) is 21.5 Å². The Balaban J connectivity index is 1.91. The lowest BCUT2D eigenvalue weighted by atomic mass is 10.1. The number of rotatable bonds is 4. The van der Waals surface area contributed by atoms with Gasteiger partial charge in [-0.3, -0.25) is 9.89 Å². The van der Waals surface area contributed by atoms with Gasteiger partial charge < -0.3 is 5.32 Å². The smallest absolute Gasteiger partial charge is 0.254 e. The lowest BCUT2D eigenvalue weighted by Crippen LogP contribution is -2.22. The van der Waals surface area contributed by atoms with Gasteiger partial charge in [-0.05, 0) is 11.1 Å². The second-order valence-corrected chi connectivity index (χ2v) is 4.18. The van der Waals surface area contributed by atoms with Crippen LogP contribution in [-0.2, 0) is 11.9 Å². The molecule has 0 unspecified atom stereocenters. The summed E-state index contributed by atoms with van der Waals surface area (Å²) in [6.45, 7) is 0.520. The minimum absolute atomic E-state index is 0.122. The van der Waals surface area contributed by atoms with Crippen LogP contribution in [0.3, 0.4) is 0 Å². The number of benzene rings is 1. The zero-order valence-electron chi connectivity index (χ0n) is 9.11. The highest BCUT2D eigenvalue weighted by molar-refractivity contribution is 9.08. The molecule has 0 bridgehead atoms. The van der Waals surface area contributed by atoms with Crippen LogP contribution in [0.5, 0.6) is 0 Å². The molecule has 4 nitrogen and oxygen atoms in total. The molecule has 0 fully saturated rings. The van der Waals surface area contributed by atoms with Crippen LogP contribution in [0.2, 0.25) is 0 Å². The number of nitrogens with one attached hydrogen (secondary N) is 2. The molecule has 1 heterocycles. The van der Waals surface area contributed by atoms with Gasteiger partial charge in [-0.2, -0.15) is 5.10 Å². The summed E-state index contributed by atoms with van der Waals surface area (Å²) in [5, 5.41) is 10.0. The van der Waals surface area contributed by atoms with Gasteiger partial charge in [0.25, 0.3) is 5.91 Å². The van der Waals surface area contributed by atoms with Crippen molar-refractivity contribution in [1.82, 2.24) is 15.5 Å². The van der Waals surface area contributed by atoms with Gasteiger partial charge in [0.05, 0.1) is 11.8 Å². The molecule has 1 amide bonds. The molecule has 2 aromatic rings. The largest absolute Gasteiger partial charge is 0.348 e. The number of amides is 1. The number of aromatic amines is 1. The molecule has 1 aromatic heterocycles. The number of aromatic nitrogens is 2. The van der Waals surface area contributed by atoms with Crippen molar-refractivity contribution in [2.75, 3.05) is 0 Å². The van der Waals surface area contributed by atoms with Crippen molar-refractivity contribution in [1.29, 1.82) is 0 Å². The lowest BCUT2D eigenvalue weighted by molar-refractivity contribution is 0.0951. The Morgan fingerprint density at radius 2 is 2.00 bits per heavy atom. The van der Waals surface area contributed by atoms with Crippen molar-refractivity contribution in [2.24, 2.45) is 0 Å². The van der Waals surface area contributed by atoms with Crippen LogP contribution < -0.4 is 5.32 Å². The molecule has 0 radical (unpaired) electrons. The van der Waals surface area contributed by atoms with Gasteiger partial charge in [-0.1, -0.05) is 40.2 Å². The Hall–Kier alpha value is -1.62. The first-order chi connectivity index (χ1) is 8.29. The Kier molecular flexibility index (Phi) is 3.93. The number of hydrogen-bond donors (Lipinski definition) is 2. The maximum atomic E-state index is 11.6. The molecule has 0 atom stereocenters. The number of hydrogen-bond acceptors (Lipinski definition) is 2. The van der Waals surface area contributed by atoms with E-state index in [1.54, 1.807) is 6.20 Å². The minimum atomic E-state index is -0.122. The van der Waals surface area contributed by atoms with Gasteiger partial charge in [0.1, 0.15) is 0 Å². The second kappa shape index (κ2) is 5.63. The summed E-state index contributed by atoms with van der Waals surface area (Å²) < 4.78 is 0. The average molecular weight is 294 g/mol. The van der Waals surface area contributed by atoms with Gasteiger partial charge in [0.2, 0.25) is 0 Å². The zero-order chi connectivity index (χ0) is 12.1. The van der Waals surface area contributed by atoms with Crippen LogP contribution in [0, 0.1) is 0 Å². The quantitative estimate of drug-likeness (QED) is 0.850. The first kappa shape index (κ1) is 11.9. The maximum Gasteiger partial charge on any atom is 0.254 e. The van der Waals surface area contributed by atoms with Crippen LogP contribution in [0.25, 0.3) is 0 Å². The fourth-order valence-electron chi connectivity index (χ4n) is 1.41. The van der Waals surface area contributed by atoms with E-state index in [9.17, 15) is 4.79 Å². The molecule has 0 aliphatic rings. The number of nitrogens with zero attached hydrogens (tertiary/aromatic N) is 1. The Morgan fingerprint density at radius 3 is 2.59 bits per heavy atom. The first-order valence-electron chi connectivity index (χ1n) is 5.20. The maximum absolute atomic E-state index is 11.6. The number of H-pyrrole nitrogens is 1. The fraction of sp³-hybridized carbons (Fsp3) is 0.167. The molecule has 0 spiro atoms. The van der Waals surface area contributed by atoms with Gasteiger partial charge in [0, 0.05) is 18.1 Å². The molecule has 5 heteroatoms. The van der Waals surface area contributed by atoms with Crippen LogP contribution in [-0.4, -0.2) is 16.1 Å². The molecule has 0 saturated carbocycles. The fourth-order valence-corrected chi connectivity index (χ4v) is 1.78. The summed E-state index contributed by atoms with van der Waals surface area (Å²) in [4.78, 5) is 11.6. The summed E-state index contributed by atoms with van der Waals surface area (Å²) in [5.41, 5.74) is 2.84. The molecular formula is C12H12BrN3O. The van der Waals surface area contributed by atoms with E-state index in [1.165, 1.54) is 11.8 Å². The molecule has 1 aromatic carbocycles. The van der Waals surface area contributed by atoms with Gasteiger partial charge in [0.15, 0.2) is 0 Å². The third-order valence-electron chi connectivity index (χ3n) is 2.39. The molecular weight excluding hydrogens is 282 g/mol. The predicted octanol–water partition coefficient (Wildman–Crippen LogP) is 2.23. The van der Waals surface area contributed by atoms with E-state index in [0.717, 1.165) is 10.9 Å². The van der Waals surface area contributed by atoms with E-state index in [4.69, 9.17) is 0 Å². The summed E-state index contributed by atoms with van der Waals surface area (Å²) >= 11 is 3.39. The van der Waals surface area contributed by atoms with Crippen molar-refractivity contribution >= 4 is 21.8 Å². The predicted molar refractivity (Wildman–Crippen MR) is 68.8 cm³/mol. The van der Waals surface area contributed by atoms with Crippen LogP contribution in [0.4, 0.5) is 0 Å². The van der Waals surface area contributed by atoms with Crippen molar-refractivity contribution in [3.8, 4) is 0 Å². The minimum Gasteiger partial charge on any atom is -0.348 e. The molecule has 88 valence electrons. The van der Waals surface area contributed by atoms with Crippen LogP contribution >= 0.6 is 15.9 Å². The SMILES string of the molecule is O=C(NCc1ccc(CBr)cc1)c1cn[nH]c1. The third kappa shape index (κ3) is 3.17. The van der Waals surface area contributed by atoms with E-state index >= 15 is 0 Å². The van der Waals surface area contributed by atoms with E-state index in [-0.39, 0.29) is 5.91 Å². The number of carbonyl (C=O) groups is 1. The van der Waals surface area contributed by atoms with E-state index < -0.39 is 0 Å². The van der Waals surface area contributed by atoms with Crippen LogP contribution in [0.15, 0.2) is 36.7 Å². The number of carbonyl (C=O) groups excluding carboxylic acids is 1. The molecule has 2 N–H and O–H groups in total. The highest BCUT2D eigenvalue weighted by Gasteiger charge is 2.05.